The largest absolute Gasteiger partial charge is 0.381 e. The van der Waals surface area contributed by atoms with Crippen LogP contribution >= 0.6 is 27.5 Å². The molecule has 1 unspecified atom stereocenters. The molecule has 7 heteroatoms. The SMILES string of the molecule is CC.Cc1nn(CC2CCOC2)c2cc(Br)cc(Cl)c12.[B]N. The summed E-state index contributed by atoms with van der Waals surface area (Å²) in [6.45, 7) is 8.61. The molecule has 2 aromatic rings. The van der Waals surface area contributed by atoms with Gasteiger partial charge in [0.05, 0.1) is 22.8 Å². The molecular formula is C15H22BBrClN3O. The molecule has 2 radical (unpaired) electrons. The third-order valence-corrected chi connectivity index (χ3v) is 4.16. The summed E-state index contributed by atoms with van der Waals surface area (Å²) < 4.78 is 8.47. The molecule has 22 heavy (non-hydrogen) atoms. The quantitative estimate of drug-likeness (QED) is 0.798. The Labute approximate surface area is 146 Å². The van der Waals surface area contributed by atoms with Crippen molar-refractivity contribution in [2.75, 3.05) is 13.2 Å². The van der Waals surface area contributed by atoms with E-state index in [0.29, 0.717) is 5.92 Å². The van der Waals surface area contributed by atoms with Crippen LogP contribution in [-0.4, -0.2) is 31.0 Å². The Bertz CT molecular complexity index is 600. The highest BCUT2D eigenvalue weighted by Crippen LogP contribution is 2.31. The summed E-state index contributed by atoms with van der Waals surface area (Å²) in [4.78, 5) is 0. The lowest BCUT2D eigenvalue weighted by Crippen LogP contribution is -2.11. The second kappa shape index (κ2) is 9.55. The van der Waals surface area contributed by atoms with Crippen molar-refractivity contribution in [1.29, 1.82) is 0 Å². The maximum atomic E-state index is 6.29. The zero-order valence-electron chi connectivity index (χ0n) is 13.3. The summed E-state index contributed by atoms with van der Waals surface area (Å²) in [7, 11) is 4.00. The topological polar surface area (TPSA) is 53.1 Å². The van der Waals surface area contributed by atoms with E-state index in [4.69, 9.17) is 16.3 Å². The van der Waals surface area contributed by atoms with Crippen LogP contribution in [0.1, 0.15) is 26.0 Å². The fraction of sp³-hybridized carbons (Fsp3) is 0.533. The lowest BCUT2D eigenvalue weighted by atomic mass is 10.1. The standard InChI is InChI=1S/C13H14BrClN2O.C2H6.BH2N/c1-8-13-11(15)4-10(14)5-12(13)17(16-8)6-9-2-3-18-7-9;2*1-2/h4-5,9H,2-3,6-7H2,1H3;1-2H3;2H2. The van der Waals surface area contributed by atoms with Crippen LogP contribution in [0.2, 0.25) is 5.02 Å². The molecule has 0 amide bonds. The average Bonchev–Trinajstić information content (AvgIpc) is 3.12. The van der Waals surface area contributed by atoms with E-state index in [1.807, 2.05) is 26.8 Å². The van der Waals surface area contributed by atoms with E-state index in [2.05, 4.69) is 45.4 Å². The van der Waals surface area contributed by atoms with Crippen molar-refractivity contribution < 1.29 is 4.74 Å². The number of aromatic nitrogens is 2. The number of fused-ring (bicyclic) bond motifs is 1. The Morgan fingerprint density at radius 3 is 2.73 bits per heavy atom. The Morgan fingerprint density at radius 2 is 2.14 bits per heavy atom. The van der Waals surface area contributed by atoms with Crippen molar-refractivity contribution in [2.24, 2.45) is 11.6 Å². The van der Waals surface area contributed by atoms with Crippen LogP contribution in [0.4, 0.5) is 0 Å². The average molecular weight is 387 g/mol. The lowest BCUT2D eigenvalue weighted by molar-refractivity contribution is 0.182. The van der Waals surface area contributed by atoms with Gasteiger partial charge in [0.2, 0.25) is 0 Å². The van der Waals surface area contributed by atoms with Crippen LogP contribution in [0.15, 0.2) is 16.6 Å². The van der Waals surface area contributed by atoms with Gasteiger partial charge in [0, 0.05) is 28.9 Å². The van der Waals surface area contributed by atoms with Gasteiger partial charge in [0.1, 0.15) is 0 Å². The molecule has 0 saturated carbocycles. The predicted molar refractivity (Wildman–Crippen MR) is 97.4 cm³/mol. The van der Waals surface area contributed by atoms with Crippen LogP contribution in [0.5, 0.6) is 0 Å². The van der Waals surface area contributed by atoms with Gasteiger partial charge >= 0.3 is 0 Å². The van der Waals surface area contributed by atoms with Gasteiger partial charge in [-0.05, 0) is 25.5 Å². The Kier molecular flexibility index (Phi) is 8.46. The summed E-state index contributed by atoms with van der Waals surface area (Å²) in [6.07, 6.45) is 1.11. The fourth-order valence-electron chi connectivity index (χ4n) is 2.52. The minimum atomic E-state index is 0.560. The molecule has 2 N–H and O–H groups in total. The zero-order valence-corrected chi connectivity index (χ0v) is 15.6. The van der Waals surface area contributed by atoms with Gasteiger partial charge in [-0.25, -0.2) is 0 Å². The molecule has 1 aliphatic heterocycles. The number of ether oxygens (including phenoxy) is 1. The predicted octanol–water partition coefficient (Wildman–Crippen LogP) is 3.85. The third kappa shape index (κ3) is 4.48. The molecule has 2 heterocycles. The first kappa shape index (κ1) is 19.5. The Hall–Kier alpha value is -0.555. The van der Waals surface area contributed by atoms with Gasteiger partial charge in [0.25, 0.3) is 0 Å². The molecule has 1 saturated heterocycles. The molecule has 1 fully saturated rings. The molecule has 1 aromatic carbocycles. The fourth-order valence-corrected chi connectivity index (χ4v) is 3.45. The first-order chi connectivity index (χ1) is 10.6. The molecule has 120 valence electrons. The van der Waals surface area contributed by atoms with E-state index in [1.165, 1.54) is 0 Å². The normalized spacial score (nSPS) is 16.7. The molecule has 0 aliphatic carbocycles. The molecule has 3 rings (SSSR count). The highest BCUT2D eigenvalue weighted by Gasteiger charge is 2.19. The number of halogens is 2. The smallest absolute Gasteiger partial charge is 0.174 e. The summed E-state index contributed by atoms with van der Waals surface area (Å²) >= 11 is 9.78. The monoisotopic (exact) mass is 385 g/mol. The Balaban J connectivity index is 0.000000561. The van der Waals surface area contributed by atoms with Gasteiger partial charge in [-0.15, -0.1) is 0 Å². The number of nitrogens with zero attached hydrogens (tertiary/aromatic N) is 2. The van der Waals surface area contributed by atoms with E-state index in [1.54, 1.807) is 0 Å². The zero-order chi connectivity index (χ0) is 16.7. The highest BCUT2D eigenvalue weighted by molar-refractivity contribution is 9.10. The number of rotatable bonds is 2. The van der Waals surface area contributed by atoms with Gasteiger partial charge in [-0.1, -0.05) is 41.4 Å². The number of hydrogen-bond donors (Lipinski definition) is 1. The van der Waals surface area contributed by atoms with Gasteiger partial charge in [0.15, 0.2) is 7.98 Å². The second-order valence-corrected chi connectivity index (χ2v) is 6.10. The van der Waals surface area contributed by atoms with Gasteiger partial charge in [-0.2, -0.15) is 5.10 Å². The van der Waals surface area contributed by atoms with Crippen molar-refractivity contribution in [1.82, 2.24) is 9.78 Å². The number of hydrogen-bond acceptors (Lipinski definition) is 3. The molecule has 4 nitrogen and oxygen atoms in total. The van der Waals surface area contributed by atoms with Crippen LogP contribution in [0.3, 0.4) is 0 Å². The minimum Gasteiger partial charge on any atom is -0.381 e. The first-order valence-corrected chi connectivity index (χ1v) is 8.55. The van der Waals surface area contributed by atoms with E-state index in [0.717, 1.165) is 52.3 Å². The summed E-state index contributed by atoms with van der Waals surface area (Å²) in [5.41, 5.74) is 6.08. The summed E-state index contributed by atoms with van der Waals surface area (Å²) in [5.74, 6) is 0.560. The second-order valence-electron chi connectivity index (χ2n) is 4.78. The van der Waals surface area contributed by atoms with Crippen molar-refractivity contribution in [3.8, 4) is 0 Å². The lowest BCUT2D eigenvalue weighted by Gasteiger charge is -2.09. The molecule has 1 atom stereocenters. The summed E-state index contributed by atoms with van der Waals surface area (Å²) in [6, 6.07) is 4.00. The van der Waals surface area contributed by atoms with Crippen molar-refractivity contribution in [2.45, 2.75) is 33.7 Å². The molecular weight excluding hydrogens is 364 g/mol. The van der Waals surface area contributed by atoms with E-state index in [-0.39, 0.29) is 0 Å². The first-order valence-electron chi connectivity index (χ1n) is 7.38. The van der Waals surface area contributed by atoms with E-state index >= 15 is 0 Å². The summed E-state index contributed by atoms with van der Waals surface area (Å²) in [5, 5.41) is 6.42. The highest BCUT2D eigenvalue weighted by atomic mass is 79.9. The van der Waals surface area contributed by atoms with Crippen molar-refractivity contribution >= 4 is 46.4 Å². The maximum absolute atomic E-state index is 6.29. The van der Waals surface area contributed by atoms with Crippen molar-refractivity contribution in [3.05, 3.63) is 27.3 Å². The molecule has 0 bridgehead atoms. The molecule has 1 aromatic heterocycles. The van der Waals surface area contributed by atoms with Crippen LogP contribution in [-0.2, 0) is 11.3 Å². The van der Waals surface area contributed by atoms with Gasteiger partial charge < -0.3 is 10.4 Å². The van der Waals surface area contributed by atoms with E-state index in [9.17, 15) is 0 Å². The third-order valence-electron chi connectivity index (χ3n) is 3.40. The van der Waals surface area contributed by atoms with E-state index < -0.39 is 0 Å². The number of aryl methyl sites for hydroxylation is 1. The Morgan fingerprint density at radius 1 is 1.45 bits per heavy atom. The van der Waals surface area contributed by atoms with Crippen LogP contribution in [0, 0.1) is 12.8 Å². The minimum absolute atomic E-state index is 0.560. The molecule has 1 aliphatic rings. The number of benzene rings is 1. The van der Waals surface area contributed by atoms with Crippen LogP contribution in [0.25, 0.3) is 10.9 Å². The van der Waals surface area contributed by atoms with Crippen LogP contribution < -0.4 is 5.64 Å². The maximum Gasteiger partial charge on any atom is 0.174 e. The number of nitrogens with two attached hydrogens (primary N) is 1. The molecule has 0 spiro atoms. The van der Waals surface area contributed by atoms with Gasteiger partial charge in [-0.3, -0.25) is 4.68 Å². The van der Waals surface area contributed by atoms with Crippen molar-refractivity contribution in [3.63, 3.8) is 0 Å².